The lowest BCUT2D eigenvalue weighted by Crippen LogP contribution is -2.45. The molecule has 158 valence electrons. The lowest BCUT2D eigenvalue weighted by atomic mass is 10.2. The molecule has 3 N–H and O–H groups in total. The minimum atomic E-state index is -0.512. The number of hydrazine groups is 1. The standard InChI is InChI=1S/C18H25N5O5S/c1-27-17(29)19-10-15-11-22(18(26)28-15)14-4-2-13(3-5-14)21-7-6-20-23(9-8-21)16(25)12-24/h2-5,15,20,24H,6-12H2,1H3,(H,19,29)/t15-/m0/s1. The van der Waals surface area contributed by atoms with Crippen molar-refractivity contribution < 1.29 is 24.2 Å². The molecular formula is C18H25N5O5S. The van der Waals surface area contributed by atoms with Crippen molar-refractivity contribution in [3.05, 3.63) is 24.3 Å². The average molecular weight is 423 g/mol. The molecule has 0 bridgehead atoms. The molecule has 2 fully saturated rings. The number of nitrogens with one attached hydrogen (secondary N) is 2. The van der Waals surface area contributed by atoms with E-state index in [0.29, 0.717) is 39.3 Å². The molecule has 2 heterocycles. The number of anilines is 2. The Balaban J connectivity index is 1.58. The minimum absolute atomic E-state index is 0.259. The fourth-order valence-electron chi connectivity index (χ4n) is 3.24. The third kappa shape index (κ3) is 5.25. The number of benzene rings is 1. The van der Waals surface area contributed by atoms with E-state index in [2.05, 4.69) is 15.6 Å². The van der Waals surface area contributed by atoms with Gasteiger partial charge in [0.15, 0.2) is 0 Å². The van der Waals surface area contributed by atoms with Crippen molar-refractivity contribution in [3.63, 3.8) is 0 Å². The number of hydrogen-bond acceptors (Lipinski definition) is 8. The van der Waals surface area contributed by atoms with Crippen molar-refractivity contribution in [1.29, 1.82) is 0 Å². The van der Waals surface area contributed by atoms with E-state index >= 15 is 0 Å². The van der Waals surface area contributed by atoms with Gasteiger partial charge in [-0.25, -0.2) is 10.2 Å². The lowest BCUT2D eigenvalue weighted by Gasteiger charge is -2.23. The first-order chi connectivity index (χ1) is 14.0. The van der Waals surface area contributed by atoms with Crippen LogP contribution in [0.15, 0.2) is 24.3 Å². The number of thiocarbonyl (C=S) groups is 1. The maximum atomic E-state index is 12.2. The van der Waals surface area contributed by atoms with E-state index < -0.39 is 12.7 Å². The van der Waals surface area contributed by atoms with Gasteiger partial charge in [0, 0.05) is 31.0 Å². The first-order valence-electron chi connectivity index (χ1n) is 9.31. The molecule has 10 nitrogen and oxygen atoms in total. The molecule has 1 aromatic carbocycles. The fourth-order valence-corrected chi connectivity index (χ4v) is 3.32. The highest BCUT2D eigenvalue weighted by Gasteiger charge is 2.32. The first-order valence-corrected chi connectivity index (χ1v) is 9.72. The van der Waals surface area contributed by atoms with E-state index in [1.165, 1.54) is 12.1 Å². The van der Waals surface area contributed by atoms with Crippen molar-refractivity contribution in [2.45, 2.75) is 6.10 Å². The Bertz CT molecular complexity index is 747. The summed E-state index contributed by atoms with van der Waals surface area (Å²) in [7, 11) is 1.48. The van der Waals surface area contributed by atoms with Gasteiger partial charge in [0.05, 0.1) is 26.7 Å². The summed E-state index contributed by atoms with van der Waals surface area (Å²) in [5.41, 5.74) is 4.75. The predicted molar refractivity (Wildman–Crippen MR) is 111 cm³/mol. The van der Waals surface area contributed by atoms with Crippen LogP contribution < -0.4 is 20.5 Å². The molecule has 2 aliphatic rings. The number of carbonyl (C=O) groups is 2. The molecule has 11 heteroatoms. The van der Waals surface area contributed by atoms with E-state index in [-0.39, 0.29) is 17.2 Å². The SMILES string of the molecule is COC(=S)NC[C@H]1CN(c2ccc(N3CCNN(C(=O)CO)CC3)cc2)C(=O)O1. The zero-order valence-corrected chi connectivity index (χ0v) is 17.0. The van der Waals surface area contributed by atoms with E-state index in [1.54, 1.807) is 4.90 Å². The van der Waals surface area contributed by atoms with Gasteiger partial charge in [0.25, 0.3) is 11.1 Å². The van der Waals surface area contributed by atoms with Gasteiger partial charge in [0.2, 0.25) is 0 Å². The maximum absolute atomic E-state index is 12.2. The molecule has 0 radical (unpaired) electrons. The van der Waals surface area contributed by atoms with E-state index in [4.69, 9.17) is 26.8 Å². The summed E-state index contributed by atoms with van der Waals surface area (Å²) < 4.78 is 10.2. The summed E-state index contributed by atoms with van der Waals surface area (Å²) >= 11 is 4.93. The Hall–Kier alpha value is -2.63. The summed E-state index contributed by atoms with van der Waals surface area (Å²) in [4.78, 5) is 27.6. The number of nitrogens with zero attached hydrogens (tertiary/aromatic N) is 3. The third-order valence-corrected chi connectivity index (χ3v) is 5.09. The summed E-state index contributed by atoms with van der Waals surface area (Å²) in [5.74, 6) is -0.343. The Labute approximate surface area is 174 Å². The molecule has 3 rings (SSSR count). The first kappa shape index (κ1) is 21.1. The van der Waals surface area contributed by atoms with Gasteiger partial charge in [-0.05, 0) is 36.5 Å². The van der Waals surface area contributed by atoms with Crippen LogP contribution in [-0.4, -0.2) is 86.4 Å². The monoisotopic (exact) mass is 423 g/mol. The van der Waals surface area contributed by atoms with Crippen LogP contribution in [0.25, 0.3) is 0 Å². The van der Waals surface area contributed by atoms with E-state index in [9.17, 15) is 9.59 Å². The molecule has 2 aliphatic heterocycles. The normalized spacial score (nSPS) is 19.6. The van der Waals surface area contributed by atoms with Crippen LogP contribution >= 0.6 is 12.2 Å². The van der Waals surface area contributed by atoms with E-state index in [0.717, 1.165) is 11.4 Å². The number of aliphatic hydroxyl groups excluding tert-OH is 1. The molecule has 2 amide bonds. The van der Waals surface area contributed by atoms with Gasteiger partial charge in [-0.2, -0.15) is 0 Å². The molecule has 0 unspecified atom stereocenters. The maximum Gasteiger partial charge on any atom is 0.414 e. The lowest BCUT2D eigenvalue weighted by molar-refractivity contribution is -0.136. The molecule has 0 saturated carbocycles. The van der Waals surface area contributed by atoms with Gasteiger partial charge >= 0.3 is 6.09 Å². The molecule has 1 atom stereocenters. The zero-order valence-electron chi connectivity index (χ0n) is 16.2. The molecule has 0 spiro atoms. The summed E-state index contributed by atoms with van der Waals surface area (Å²) in [6.07, 6.45) is -0.716. The van der Waals surface area contributed by atoms with E-state index in [1.807, 2.05) is 24.3 Å². The van der Waals surface area contributed by atoms with Crippen molar-refractivity contribution >= 4 is 40.8 Å². The van der Waals surface area contributed by atoms with Crippen LogP contribution in [-0.2, 0) is 14.3 Å². The molecular weight excluding hydrogens is 398 g/mol. The Morgan fingerprint density at radius 3 is 2.72 bits per heavy atom. The van der Waals surface area contributed by atoms with Crippen LogP contribution in [0.5, 0.6) is 0 Å². The van der Waals surface area contributed by atoms with Gasteiger partial charge < -0.3 is 24.8 Å². The predicted octanol–water partition coefficient (Wildman–Crippen LogP) is -0.322. The van der Waals surface area contributed by atoms with Gasteiger partial charge in [0.1, 0.15) is 12.7 Å². The second-order valence-electron chi connectivity index (χ2n) is 6.60. The highest BCUT2D eigenvalue weighted by Crippen LogP contribution is 2.25. The summed E-state index contributed by atoms with van der Waals surface area (Å²) in [6, 6.07) is 7.64. The summed E-state index contributed by atoms with van der Waals surface area (Å²) in [5, 5.41) is 13.6. The van der Waals surface area contributed by atoms with Crippen molar-refractivity contribution in [3.8, 4) is 0 Å². The fraction of sp³-hybridized carbons (Fsp3) is 0.500. The van der Waals surface area contributed by atoms with Crippen molar-refractivity contribution in [1.82, 2.24) is 15.8 Å². The number of hydrogen-bond donors (Lipinski definition) is 3. The average Bonchev–Trinajstić information content (AvgIpc) is 2.95. The largest absolute Gasteiger partial charge is 0.474 e. The molecule has 0 aliphatic carbocycles. The number of carbonyl (C=O) groups excluding carboxylic acids is 2. The number of aliphatic hydroxyl groups is 1. The smallest absolute Gasteiger partial charge is 0.414 e. The number of ether oxygens (including phenoxy) is 2. The highest BCUT2D eigenvalue weighted by molar-refractivity contribution is 7.80. The highest BCUT2D eigenvalue weighted by atomic mass is 32.1. The second-order valence-corrected chi connectivity index (χ2v) is 6.97. The Morgan fingerprint density at radius 2 is 2.03 bits per heavy atom. The second kappa shape index (κ2) is 9.72. The Morgan fingerprint density at radius 1 is 1.31 bits per heavy atom. The number of rotatable bonds is 5. The van der Waals surface area contributed by atoms with Crippen LogP contribution in [0, 0.1) is 0 Å². The van der Waals surface area contributed by atoms with Crippen LogP contribution in [0.2, 0.25) is 0 Å². The topological polar surface area (TPSA) is 107 Å². The summed E-state index contributed by atoms with van der Waals surface area (Å²) in [6.45, 7) is 2.70. The minimum Gasteiger partial charge on any atom is -0.474 e. The number of methoxy groups -OCH3 is 1. The number of cyclic esters (lactones) is 1. The third-order valence-electron chi connectivity index (χ3n) is 4.77. The van der Waals surface area contributed by atoms with Crippen molar-refractivity contribution in [2.24, 2.45) is 0 Å². The van der Waals surface area contributed by atoms with Crippen LogP contribution in [0.4, 0.5) is 16.2 Å². The van der Waals surface area contributed by atoms with Crippen LogP contribution in [0.3, 0.4) is 0 Å². The van der Waals surface area contributed by atoms with Gasteiger partial charge in [-0.15, -0.1) is 0 Å². The van der Waals surface area contributed by atoms with Crippen molar-refractivity contribution in [2.75, 3.05) is 62.8 Å². The number of amides is 2. The Kier molecular flexibility index (Phi) is 7.07. The van der Waals surface area contributed by atoms with Gasteiger partial charge in [-0.1, -0.05) is 0 Å². The van der Waals surface area contributed by atoms with Crippen LogP contribution in [0.1, 0.15) is 0 Å². The molecule has 0 aromatic heterocycles. The quantitative estimate of drug-likeness (QED) is 0.549. The van der Waals surface area contributed by atoms with Gasteiger partial charge in [-0.3, -0.25) is 14.7 Å². The molecule has 1 aromatic rings. The molecule has 29 heavy (non-hydrogen) atoms. The molecule has 2 saturated heterocycles. The zero-order chi connectivity index (χ0) is 20.8.